The van der Waals surface area contributed by atoms with E-state index in [2.05, 4.69) is 20.4 Å². The van der Waals surface area contributed by atoms with E-state index in [9.17, 15) is 9.18 Å². The van der Waals surface area contributed by atoms with Gasteiger partial charge in [-0.1, -0.05) is 29.8 Å². The lowest BCUT2D eigenvalue weighted by atomic mass is 9.88. The summed E-state index contributed by atoms with van der Waals surface area (Å²) in [6.45, 7) is 3.14. The number of hydrogen-bond donors (Lipinski definition) is 1. The summed E-state index contributed by atoms with van der Waals surface area (Å²) in [5.74, 6) is 0.695. The molecular weight excluding hydrogens is 493 g/mol. The number of carbonyl (C=O) groups excluding carboxylic acids is 1. The summed E-state index contributed by atoms with van der Waals surface area (Å²) in [5, 5.41) is 12.5. The van der Waals surface area contributed by atoms with E-state index in [-0.39, 0.29) is 29.6 Å². The van der Waals surface area contributed by atoms with Gasteiger partial charge >= 0.3 is 0 Å². The summed E-state index contributed by atoms with van der Waals surface area (Å²) in [7, 11) is 1.52. The van der Waals surface area contributed by atoms with E-state index in [1.54, 1.807) is 18.3 Å². The van der Waals surface area contributed by atoms with Crippen LogP contribution >= 0.6 is 11.6 Å². The Labute approximate surface area is 221 Å². The predicted octanol–water partition coefficient (Wildman–Crippen LogP) is 4.14. The average Bonchev–Trinajstić information content (AvgIpc) is 3.18. The quantitative estimate of drug-likeness (QED) is 0.524. The number of nitrogens with one attached hydrogen (secondary N) is 1. The molecule has 37 heavy (non-hydrogen) atoms. The van der Waals surface area contributed by atoms with Crippen LogP contribution in [0.15, 0.2) is 60.8 Å². The van der Waals surface area contributed by atoms with Crippen molar-refractivity contribution >= 4 is 23.3 Å². The molecule has 5 rings (SSSR count). The number of nitrogens with zero attached hydrogens (tertiary/aromatic N) is 4. The maximum Gasteiger partial charge on any atom is 0.227 e. The second-order valence-electron chi connectivity index (χ2n) is 9.69. The summed E-state index contributed by atoms with van der Waals surface area (Å²) in [6, 6.07) is 16.7. The van der Waals surface area contributed by atoms with E-state index in [0.29, 0.717) is 55.5 Å². The first-order valence-electron chi connectivity index (χ1n) is 12.6. The molecular formula is C28H31ClFN5O2. The minimum atomic E-state index is -0.312. The van der Waals surface area contributed by atoms with Crippen LogP contribution in [-0.2, 0) is 11.2 Å². The van der Waals surface area contributed by atoms with E-state index < -0.39 is 0 Å². The second-order valence-corrected chi connectivity index (χ2v) is 10.1. The Hall–Kier alpha value is -3.23. The van der Waals surface area contributed by atoms with Gasteiger partial charge in [0.05, 0.1) is 13.0 Å². The highest BCUT2D eigenvalue weighted by atomic mass is 35.5. The van der Waals surface area contributed by atoms with Gasteiger partial charge in [0, 0.05) is 56.1 Å². The van der Waals surface area contributed by atoms with Gasteiger partial charge in [-0.05, 0) is 60.2 Å². The molecule has 0 radical (unpaired) electrons. The lowest BCUT2D eigenvalue weighted by Crippen LogP contribution is -2.41. The molecule has 194 valence electrons. The molecule has 0 aliphatic carbocycles. The largest absolute Gasteiger partial charge is 0.497 e. The van der Waals surface area contributed by atoms with Crippen molar-refractivity contribution in [1.82, 2.24) is 20.4 Å². The maximum atomic E-state index is 14.8. The van der Waals surface area contributed by atoms with Gasteiger partial charge in [0.15, 0.2) is 5.82 Å². The van der Waals surface area contributed by atoms with E-state index in [0.717, 1.165) is 12.2 Å². The Bertz CT molecular complexity index is 1210. The highest BCUT2D eigenvalue weighted by Gasteiger charge is 2.40. The molecule has 7 nitrogen and oxygen atoms in total. The number of ether oxygens (including phenoxy) is 1. The first-order valence-corrected chi connectivity index (χ1v) is 13.0. The van der Waals surface area contributed by atoms with Crippen LogP contribution in [0.5, 0.6) is 5.75 Å². The summed E-state index contributed by atoms with van der Waals surface area (Å²) in [6.07, 6.45) is 2.90. The van der Waals surface area contributed by atoms with E-state index in [4.69, 9.17) is 16.3 Å². The summed E-state index contributed by atoms with van der Waals surface area (Å²) >= 11 is 6.06. The normalized spacial score (nSPS) is 22.1. The summed E-state index contributed by atoms with van der Waals surface area (Å²) < 4.78 is 20.0. The minimum absolute atomic E-state index is 0.0549. The molecule has 9 heteroatoms. The fourth-order valence-corrected chi connectivity index (χ4v) is 5.54. The smallest absolute Gasteiger partial charge is 0.227 e. The number of benzene rings is 2. The highest BCUT2D eigenvalue weighted by Crippen LogP contribution is 2.33. The number of halogens is 2. The van der Waals surface area contributed by atoms with Crippen LogP contribution in [0.1, 0.15) is 23.6 Å². The van der Waals surface area contributed by atoms with Gasteiger partial charge in [-0.3, -0.25) is 4.79 Å². The predicted molar refractivity (Wildman–Crippen MR) is 141 cm³/mol. The molecule has 0 bridgehead atoms. The van der Waals surface area contributed by atoms with Crippen LogP contribution in [0.25, 0.3) is 0 Å². The fourth-order valence-electron chi connectivity index (χ4n) is 5.42. The Morgan fingerprint density at radius 3 is 2.73 bits per heavy atom. The average molecular weight is 524 g/mol. The molecule has 0 saturated carbocycles. The summed E-state index contributed by atoms with van der Waals surface area (Å²) in [5.41, 5.74) is 1.76. The van der Waals surface area contributed by atoms with Gasteiger partial charge in [-0.15, -0.1) is 5.10 Å². The van der Waals surface area contributed by atoms with Crippen molar-refractivity contribution in [3.8, 4) is 5.75 Å². The first-order chi connectivity index (χ1) is 18.0. The Kier molecular flexibility index (Phi) is 7.86. The van der Waals surface area contributed by atoms with Crippen LogP contribution in [0.2, 0.25) is 5.02 Å². The Balaban J connectivity index is 1.33. The third kappa shape index (κ3) is 5.86. The van der Waals surface area contributed by atoms with Gasteiger partial charge < -0.3 is 19.9 Å². The zero-order valence-corrected chi connectivity index (χ0v) is 21.6. The van der Waals surface area contributed by atoms with Crippen LogP contribution in [0, 0.1) is 17.7 Å². The standard InChI is InChI=1S/C28H31ClFN5O2/c1-37-23-9-6-20(25(30)16-23)15-21-17-35(27-3-2-11-32-33-27)18-24(21)28(36)34-13-10-26(31-12-14-34)19-4-7-22(29)8-5-19/h2-9,11,16,21,24,26,31H,10,12-15,17-18H2,1H3/t21?,24-,26?/m1/s1. The number of hydrogen-bond acceptors (Lipinski definition) is 6. The Morgan fingerprint density at radius 1 is 1.16 bits per heavy atom. The molecule has 1 aromatic heterocycles. The number of anilines is 1. The molecule has 3 atom stereocenters. The van der Waals surface area contributed by atoms with Gasteiger partial charge in [0.25, 0.3) is 0 Å². The number of carbonyl (C=O) groups is 1. The molecule has 2 aliphatic rings. The molecule has 3 heterocycles. The van der Waals surface area contributed by atoms with E-state index in [1.807, 2.05) is 41.3 Å². The van der Waals surface area contributed by atoms with Gasteiger partial charge in [-0.2, -0.15) is 5.10 Å². The fraction of sp³-hybridized carbons (Fsp3) is 0.393. The zero-order chi connectivity index (χ0) is 25.8. The maximum absolute atomic E-state index is 14.8. The molecule has 2 fully saturated rings. The monoisotopic (exact) mass is 523 g/mol. The molecule has 2 aromatic carbocycles. The van der Waals surface area contributed by atoms with Crippen LogP contribution in [0.4, 0.5) is 10.2 Å². The van der Waals surface area contributed by atoms with Crippen molar-refractivity contribution in [2.24, 2.45) is 11.8 Å². The third-order valence-electron chi connectivity index (χ3n) is 7.43. The van der Waals surface area contributed by atoms with Crippen LogP contribution < -0.4 is 15.0 Å². The second kappa shape index (κ2) is 11.4. The number of methoxy groups -OCH3 is 1. The number of amides is 1. The van der Waals surface area contributed by atoms with E-state index in [1.165, 1.54) is 18.7 Å². The third-order valence-corrected chi connectivity index (χ3v) is 7.68. The van der Waals surface area contributed by atoms with Crippen molar-refractivity contribution in [3.63, 3.8) is 0 Å². The highest BCUT2D eigenvalue weighted by molar-refractivity contribution is 6.30. The molecule has 0 spiro atoms. The van der Waals surface area contributed by atoms with Crippen molar-refractivity contribution in [3.05, 3.63) is 82.8 Å². The lowest BCUT2D eigenvalue weighted by Gasteiger charge is -2.26. The van der Waals surface area contributed by atoms with Crippen LogP contribution in [0.3, 0.4) is 0 Å². The minimum Gasteiger partial charge on any atom is -0.497 e. The van der Waals surface area contributed by atoms with Crippen molar-refractivity contribution < 1.29 is 13.9 Å². The van der Waals surface area contributed by atoms with Crippen molar-refractivity contribution in [2.75, 3.05) is 44.7 Å². The first kappa shape index (κ1) is 25.4. The molecule has 3 aromatic rings. The molecule has 1 N–H and O–H groups in total. The number of rotatable bonds is 6. The molecule has 2 aliphatic heterocycles. The lowest BCUT2D eigenvalue weighted by molar-refractivity contribution is -0.135. The van der Waals surface area contributed by atoms with E-state index >= 15 is 0 Å². The SMILES string of the molecule is COc1ccc(CC2CN(c3cccnn3)C[C@H]2C(=O)N2CCNC(c3ccc(Cl)cc3)CC2)c(F)c1. The molecule has 1 amide bonds. The van der Waals surface area contributed by atoms with Crippen molar-refractivity contribution in [2.45, 2.75) is 18.9 Å². The molecule has 2 unspecified atom stereocenters. The Morgan fingerprint density at radius 2 is 2.00 bits per heavy atom. The summed E-state index contributed by atoms with van der Waals surface area (Å²) in [4.78, 5) is 18.0. The van der Waals surface area contributed by atoms with Crippen molar-refractivity contribution in [1.29, 1.82) is 0 Å². The van der Waals surface area contributed by atoms with Crippen LogP contribution in [-0.4, -0.2) is 60.8 Å². The zero-order valence-electron chi connectivity index (χ0n) is 20.8. The number of aromatic nitrogens is 2. The van der Waals surface area contributed by atoms with Gasteiger partial charge in [0.2, 0.25) is 5.91 Å². The van der Waals surface area contributed by atoms with Gasteiger partial charge in [-0.25, -0.2) is 4.39 Å². The topological polar surface area (TPSA) is 70.6 Å². The van der Waals surface area contributed by atoms with Gasteiger partial charge in [0.1, 0.15) is 11.6 Å². The molecule has 2 saturated heterocycles.